The van der Waals surface area contributed by atoms with Crippen LogP contribution in [0.4, 0.5) is 5.13 Å². The molecule has 1 heterocycles. The number of nitrogens with zero attached hydrogens (tertiary/aromatic N) is 1. The van der Waals surface area contributed by atoms with Crippen molar-refractivity contribution in [2.45, 2.75) is 6.54 Å². The lowest BCUT2D eigenvalue weighted by Crippen LogP contribution is -2.23. The Balaban J connectivity index is 2.08. The minimum Gasteiger partial charge on any atom is -0.497 e. The standard InChI is InChI=1S/C13H15N3O3S/c1-18-9-3-4-11(19-2)8(5-9)6-15-12(17)10-7-20-13(14)16-10/h3-5,7H,6H2,1-2H3,(H2,14,16)(H,15,17). The molecule has 0 aliphatic heterocycles. The second kappa shape index (κ2) is 6.25. The quantitative estimate of drug-likeness (QED) is 0.875. The fraction of sp³-hybridized carbons (Fsp3) is 0.231. The van der Waals surface area contributed by atoms with E-state index in [-0.39, 0.29) is 5.91 Å². The molecule has 0 unspecified atom stereocenters. The molecule has 0 bridgehead atoms. The van der Waals surface area contributed by atoms with Gasteiger partial charge in [0.15, 0.2) is 5.13 Å². The van der Waals surface area contributed by atoms with Crippen LogP contribution in [0.15, 0.2) is 23.6 Å². The largest absolute Gasteiger partial charge is 0.497 e. The Bertz CT molecular complexity index is 613. The van der Waals surface area contributed by atoms with E-state index in [0.29, 0.717) is 28.9 Å². The minimum atomic E-state index is -0.275. The van der Waals surface area contributed by atoms with Gasteiger partial charge in [-0.05, 0) is 18.2 Å². The van der Waals surface area contributed by atoms with E-state index in [0.717, 1.165) is 5.56 Å². The second-order valence-electron chi connectivity index (χ2n) is 3.93. The smallest absolute Gasteiger partial charge is 0.271 e. The number of nitrogen functional groups attached to an aromatic ring is 1. The number of anilines is 1. The molecule has 0 aliphatic carbocycles. The summed E-state index contributed by atoms with van der Waals surface area (Å²) in [5, 5.41) is 4.76. The summed E-state index contributed by atoms with van der Waals surface area (Å²) in [5.41, 5.74) is 6.63. The number of nitrogens with one attached hydrogen (secondary N) is 1. The van der Waals surface area contributed by atoms with Crippen molar-refractivity contribution in [3.63, 3.8) is 0 Å². The minimum absolute atomic E-state index is 0.275. The first kappa shape index (κ1) is 14.1. The molecule has 7 heteroatoms. The molecule has 0 spiro atoms. The molecule has 0 atom stereocenters. The second-order valence-corrected chi connectivity index (χ2v) is 4.82. The third-order valence-electron chi connectivity index (χ3n) is 2.68. The molecule has 1 aromatic carbocycles. The molecule has 1 amide bonds. The molecule has 1 aromatic heterocycles. The van der Waals surface area contributed by atoms with Gasteiger partial charge in [-0.25, -0.2) is 4.98 Å². The number of amides is 1. The molecule has 0 saturated heterocycles. The normalized spacial score (nSPS) is 10.1. The molecule has 0 fully saturated rings. The van der Waals surface area contributed by atoms with Crippen LogP contribution in [0.25, 0.3) is 0 Å². The number of nitrogens with two attached hydrogens (primary N) is 1. The lowest BCUT2D eigenvalue weighted by molar-refractivity contribution is 0.0946. The van der Waals surface area contributed by atoms with Crippen molar-refractivity contribution in [2.75, 3.05) is 20.0 Å². The van der Waals surface area contributed by atoms with E-state index >= 15 is 0 Å². The number of carbonyl (C=O) groups excluding carboxylic acids is 1. The van der Waals surface area contributed by atoms with Crippen molar-refractivity contribution in [1.29, 1.82) is 0 Å². The molecule has 0 radical (unpaired) electrons. The maximum absolute atomic E-state index is 11.9. The number of thiazole rings is 1. The Morgan fingerprint density at radius 1 is 1.40 bits per heavy atom. The van der Waals surface area contributed by atoms with Gasteiger partial charge in [-0.3, -0.25) is 4.79 Å². The fourth-order valence-corrected chi connectivity index (χ4v) is 2.22. The van der Waals surface area contributed by atoms with Crippen LogP contribution in [-0.2, 0) is 6.54 Å². The molecule has 2 rings (SSSR count). The zero-order valence-electron chi connectivity index (χ0n) is 11.2. The number of benzene rings is 1. The predicted molar refractivity (Wildman–Crippen MR) is 77.2 cm³/mol. The topological polar surface area (TPSA) is 86.5 Å². The lowest BCUT2D eigenvalue weighted by Gasteiger charge is -2.11. The molecule has 0 aliphatic rings. The van der Waals surface area contributed by atoms with Gasteiger partial charge in [0.2, 0.25) is 0 Å². The zero-order chi connectivity index (χ0) is 14.5. The van der Waals surface area contributed by atoms with Gasteiger partial charge in [0.25, 0.3) is 5.91 Å². The molecule has 20 heavy (non-hydrogen) atoms. The fourth-order valence-electron chi connectivity index (χ4n) is 1.68. The van der Waals surface area contributed by atoms with E-state index in [2.05, 4.69) is 10.3 Å². The van der Waals surface area contributed by atoms with E-state index in [1.807, 2.05) is 6.07 Å². The van der Waals surface area contributed by atoms with Gasteiger partial charge in [0.05, 0.1) is 14.2 Å². The van der Waals surface area contributed by atoms with Gasteiger partial charge in [-0.15, -0.1) is 11.3 Å². The summed E-state index contributed by atoms with van der Waals surface area (Å²) >= 11 is 1.23. The summed E-state index contributed by atoms with van der Waals surface area (Å²) < 4.78 is 10.4. The highest BCUT2D eigenvalue weighted by Crippen LogP contribution is 2.23. The molecular weight excluding hydrogens is 278 g/mol. The van der Waals surface area contributed by atoms with Gasteiger partial charge in [-0.2, -0.15) is 0 Å². The zero-order valence-corrected chi connectivity index (χ0v) is 12.0. The molecule has 3 N–H and O–H groups in total. The SMILES string of the molecule is COc1ccc(OC)c(CNC(=O)c2csc(N)n2)c1. The summed E-state index contributed by atoms with van der Waals surface area (Å²) in [4.78, 5) is 15.8. The van der Waals surface area contributed by atoms with Gasteiger partial charge < -0.3 is 20.5 Å². The maximum Gasteiger partial charge on any atom is 0.271 e. The third kappa shape index (κ3) is 3.18. The molecule has 0 saturated carbocycles. The van der Waals surface area contributed by atoms with Crippen LogP contribution >= 0.6 is 11.3 Å². The van der Waals surface area contributed by atoms with Gasteiger partial charge in [0.1, 0.15) is 17.2 Å². The van der Waals surface area contributed by atoms with Crippen LogP contribution < -0.4 is 20.5 Å². The first-order chi connectivity index (χ1) is 9.63. The number of carbonyl (C=O) groups is 1. The highest BCUT2D eigenvalue weighted by Gasteiger charge is 2.11. The van der Waals surface area contributed by atoms with Crippen molar-refractivity contribution < 1.29 is 14.3 Å². The van der Waals surface area contributed by atoms with E-state index in [1.54, 1.807) is 31.7 Å². The van der Waals surface area contributed by atoms with E-state index < -0.39 is 0 Å². The summed E-state index contributed by atoms with van der Waals surface area (Å²) in [6.45, 7) is 0.316. The molecular formula is C13H15N3O3S. The van der Waals surface area contributed by atoms with E-state index in [9.17, 15) is 4.79 Å². The van der Waals surface area contributed by atoms with Gasteiger partial charge >= 0.3 is 0 Å². The summed E-state index contributed by atoms with van der Waals surface area (Å²) in [5.74, 6) is 1.11. The Kier molecular flexibility index (Phi) is 4.41. The Morgan fingerprint density at radius 2 is 2.20 bits per heavy atom. The highest BCUT2D eigenvalue weighted by molar-refractivity contribution is 7.13. The van der Waals surface area contributed by atoms with Crippen LogP contribution in [0, 0.1) is 0 Å². The molecule has 106 valence electrons. The van der Waals surface area contributed by atoms with Crippen molar-refractivity contribution in [1.82, 2.24) is 10.3 Å². The lowest BCUT2D eigenvalue weighted by atomic mass is 10.2. The molecule has 6 nitrogen and oxygen atoms in total. The van der Waals surface area contributed by atoms with Crippen molar-refractivity contribution in [2.24, 2.45) is 0 Å². The first-order valence-electron chi connectivity index (χ1n) is 5.84. The summed E-state index contributed by atoms with van der Waals surface area (Å²) in [6, 6.07) is 5.40. The first-order valence-corrected chi connectivity index (χ1v) is 6.72. The predicted octanol–water partition coefficient (Wildman–Crippen LogP) is 1.67. The monoisotopic (exact) mass is 293 g/mol. The number of rotatable bonds is 5. The van der Waals surface area contributed by atoms with Crippen molar-refractivity contribution >= 4 is 22.4 Å². The highest BCUT2D eigenvalue weighted by atomic mass is 32.1. The van der Waals surface area contributed by atoms with Crippen molar-refractivity contribution in [3.05, 3.63) is 34.8 Å². The number of ether oxygens (including phenoxy) is 2. The Hall–Kier alpha value is -2.28. The molecule has 2 aromatic rings. The number of methoxy groups -OCH3 is 2. The van der Waals surface area contributed by atoms with Crippen molar-refractivity contribution in [3.8, 4) is 11.5 Å². The Morgan fingerprint density at radius 3 is 2.80 bits per heavy atom. The van der Waals surface area contributed by atoms with E-state index in [4.69, 9.17) is 15.2 Å². The maximum atomic E-state index is 11.9. The summed E-state index contributed by atoms with van der Waals surface area (Å²) in [6.07, 6.45) is 0. The van der Waals surface area contributed by atoms with Crippen LogP contribution in [0.1, 0.15) is 16.1 Å². The van der Waals surface area contributed by atoms with E-state index in [1.165, 1.54) is 11.3 Å². The number of hydrogen-bond acceptors (Lipinski definition) is 6. The van der Waals surface area contributed by atoms with Crippen LogP contribution in [0.5, 0.6) is 11.5 Å². The Labute approximate surface area is 120 Å². The third-order valence-corrected chi connectivity index (χ3v) is 3.36. The average Bonchev–Trinajstić information content (AvgIpc) is 2.91. The van der Waals surface area contributed by atoms with Crippen LogP contribution in [0.2, 0.25) is 0 Å². The van der Waals surface area contributed by atoms with Crippen LogP contribution in [-0.4, -0.2) is 25.1 Å². The van der Waals surface area contributed by atoms with Crippen LogP contribution in [0.3, 0.4) is 0 Å². The number of hydrogen-bond donors (Lipinski definition) is 2. The van der Waals surface area contributed by atoms with Gasteiger partial charge in [0, 0.05) is 17.5 Å². The average molecular weight is 293 g/mol. The number of aromatic nitrogens is 1. The summed E-state index contributed by atoms with van der Waals surface area (Å²) in [7, 11) is 3.16. The van der Waals surface area contributed by atoms with Gasteiger partial charge in [-0.1, -0.05) is 0 Å².